The fourth-order valence-corrected chi connectivity index (χ4v) is 4.98. The molecule has 0 fully saturated rings. The van der Waals surface area contributed by atoms with Gasteiger partial charge in [0.1, 0.15) is 18.3 Å². The molecule has 0 saturated carbocycles. The van der Waals surface area contributed by atoms with Gasteiger partial charge in [0.25, 0.3) is 0 Å². The molecule has 0 aliphatic rings. The third-order valence-corrected chi connectivity index (χ3v) is 7.28. The normalized spacial score (nSPS) is 11.9. The smallest absolute Gasteiger partial charge is 0.244 e. The lowest BCUT2D eigenvalue weighted by atomic mass is 10.0. The molecule has 2 amide bonds. The predicted octanol–water partition coefficient (Wildman–Crippen LogP) is 3.16. The van der Waals surface area contributed by atoms with Gasteiger partial charge in [0.2, 0.25) is 21.8 Å². The molecule has 0 bridgehead atoms. The molecule has 37 heavy (non-hydrogen) atoms. The average molecular weight is 524 g/mol. The Labute approximate surface area is 218 Å². The second-order valence-corrected chi connectivity index (χ2v) is 10.6. The first-order valence-corrected chi connectivity index (χ1v) is 13.7. The maximum Gasteiger partial charge on any atom is 0.244 e. The minimum absolute atomic E-state index is 0.139. The Kier molecular flexibility index (Phi) is 9.30. The number of carbonyl (C=O) groups excluding carboxylic acids is 2. The van der Waals surface area contributed by atoms with Crippen LogP contribution < -0.4 is 14.4 Å². The average Bonchev–Trinajstić information content (AvgIpc) is 2.89. The molecule has 3 aromatic carbocycles. The number of para-hydroxylation sites is 2. The first kappa shape index (κ1) is 27.7. The largest absolute Gasteiger partial charge is 0.495 e. The second kappa shape index (κ2) is 12.4. The molecular formula is C28H33N3O5S. The van der Waals surface area contributed by atoms with Gasteiger partial charge in [0.05, 0.1) is 19.1 Å². The number of benzene rings is 3. The number of carbonyl (C=O) groups is 2. The fourth-order valence-electron chi connectivity index (χ4n) is 4.12. The van der Waals surface area contributed by atoms with Gasteiger partial charge < -0.3 is 15.0 Å². The summed E-state index contributed by atoms with van der Waals surface area (Å²) in [6.45, 7) is 1.58. The summed E-state index contributed by atoms with van der Waals surface area (Å²) in [4.78, 5) is 28.5. The lowest BCUT2D eigenvalue weighted by Gasteiger charge is -2.33. The van der Waals surface area contributed by atoms with Gasteiger partial charge in [-0.05, 0) is 35.7 Å². The van der Waals surface area contributed by atoms with Gasteiger partial charge in [-0.25, -0.2) is 8.42 Å². The highest BCUT2D eigenvalue weighted by atomic mass is 32.2. The summed E-state index contributed by atoms with van der Waals surface area (Å²) < 4.78 is 32.1. The summed E-state index contributed by atoms with van der Waals surface area (Å²) in [5.74, 6) is -0.531. The predicted molar refractivity (Wildman–Crippen MR) is 145 cm³/mol. The molecule has 1 atom stereocenters. The number of amides is 2. The molecule has 3 aromatic rings. The van der Waals surface area contributed by atoms with E-state index in [1.807, 2.05) is 61.5 Å². The van der Waals surface area contributed by atoms with Crippen molar-refractivity contribution in [2.75, 3.05) is 31.3 Å². The Bertz CT molecular complexity index is 1330. The molecule has 0 saturated heterocycles. The van der Waals surface area contributed by atoms with Gasteiger partial charge >= 0.3 is 0 Å². The summed E-state index contributed by atoms with van der Waals surface area (Å²) in [5, 5.41) is 2.67. The van der Waals surface area contributed by atoms with Gasteiger partial charge in [-0.2, -0.15) is 0 Å². The quantitative estimate of drug-likeness (QED) is 0.417. The number of sulfonamides is 1. The van der Waals surface area contributed by atoms with E-state index in [2.05, 4.69) is 5.32 Å². The zero-order valence-corrected chi connectivity index (χ0v) is 22.4. The maximum absolute atomic E-state index is 13.9. The first-order valence-electron chi connectivity index (χ1n) is 11.9. The second-order valence-electron chi connectivity index (χ2n) is 8.71. The van der Waals surface area contributed by atoms with Crippen molar-refractivity contribution in [1.82, 2.24) is 10.2 Å². The summed E-state index contributed by atoms with van der Waals surface area (Å²) >= 11 is 0. The monoisotopic (exact) mass is 523 g/mol. The Hall–Kier alpha value is -3.85. The van der Waals surface area contributed by atoms with Gasteiger partial charge in [-0.15, -0.1) is 0 Å². The minimum atomic E-state index is -3.87. The van der Waals surface area contributed by atoms with E-state index in [4.69, 9.17) is 4.74 Å². The molecule has 1 N–H and O–H groups in total. The Morgan fingerprint density at radius 3 is 2.19 bits per heavy atom. The van der Waals surface area contributed by atoms with E-state index < -0.39 is 28.5 Å². The molecule has 0 aliphatic carbocycles. The number of ether oxygens (including phenoxy) is 1. The standard InChI is InChI=1S/C28H33N3O5S/c1-21-12-8-9-15-23(21)19-30(25(28(33)29-2)18-22-13-6-5-7-14-22)27(32)20-31(37(4,34)35)24-16-10-11-17-26(24)36-3/h5-17,25H,18-20H2,1-4H3,(H,29,33). The van der Waals surface area contributed by atoms with Crippen LogP contribution in [0.1, 0.15) is 16.7 Å². The number of hydrogen-bond donors (Lipinski definition) is 1. The highest BCUT2D eigenvalue weighted by molar-refractivity contribution is 7.92. The van der Waals surface area contributed by atoms with Crippen LogP contribution in [0.25, 0.3) is 0 Å². The number of aryl methyl sites for hydroxylation is 1. The molecule has 1 unspecified atom stereocenters. The van der Waals surface area contributed by atoms with E-state index >= 15 is 0 Å². The Balaban J connectivity index is 2.06. The van der Waals surface area contributed by atoms with Gasteiger partial charge in [-0.3, -0.25) is 13.9 Å². The van der Waals surface area contributed by atoms with E-state index in [9.17, 15) is 18.0 Å². The highest BCUT2D eigenvalue weighted by Crippen LogP contribution is 2.30. The Morgan fingerprint density at radius 1 is 0.946 bits per heavy atom. The van der Waals surface area contributed by atoms with Crippen LogP contribution in [0.4, 0.5) is 5.69 Å². The van der Waals surface area contributed by atoms with Crippen LogP contribution in [0.2, 0.25) is 0 Å². The number of methoxy groups -OCH3 is 1. The van der Waals surface area contributed by atoms with E-state index in [1.54, 1.807) is 24.3 Å². The first-order chi connectivity index (χ1) is 17.7. The van der Waals surface area contributed by atoms with Crippen molar-refractivity contribution in [2.45, 2.75) is 25.9 Å². The maximum atomic E-state index is 13.9. The van der Waals surface area contributed by atoms with Gasteiger partial charge in [0.15, 0.2) is 0 Å². The van der Waals surface area contributed by atoms with Crippen LogP contribution in [-0.2, 0) is 32.6 Å². The number of nitrogens with one attached hydrogen (secondary N) is 1. The van der Waals surface area contributed by atoms with Crippen LogP contribution in [-0.4, -0.2) is 58.1 Å². The molecule has 8 nitrogen and oxygen atoms in total. The van der Waals surface area contributed by atoms with Crippen molar-refractivity contribution < 1.29 is 22.7 Å². The van der Waals surface area contributed by atoms with Crippen LogP contribution in [0, 0.1) is 6.92 Å². The SMILES string of the molecule is CNC(=O)C(Cc1ccccc1)N(Cc1ccccc1C)C(=O)CN(c1ccccc1OC)S(C)(=O)=O. The molecule has 3 rings (SSSR count). The lowest BCUT2D eigenvalue weighted by molar-refractivity contribution is -0.139. The zero-order valence-electron chi connectivity index (χ0n) is 21.5. The van der Waals surface area contributed by atoms with Crippen LogP contribution in [0.5, 0.6) is 5.75 Å². The summed E-state index contributed by atoms with van der Waals surface area (Å²) in [7, 11) is -0.905. The summed E-state index contributed by atoms with van der Waals surface area (Å²) in [5.41, 5.74) is 2.95. The van der Waals surface area contributed by atoms with E-state index in [1.165, 1.54) is 19.1 Å². The van der Waals surface area contributed by atoms with E-state index in [-0.39, 0.29) is 24.6 Å². The topological polar surface area (TPSA) is 96.0 Å². The number of nitrogens with zero attached hydrogens (tertiary/aromatic N) is 2. The zero-order chi connectivity index (χ0) is 27.0. The van der Waals surface area contributed by atoms with Gasteiger partial charge in [0, 0.05) is 20.0 Å². The molecule has 0 spiro atoms. The number of hydrogen-bond acceptors (Lipinski definition) is 5. The van der Waals surface area contributed by atoms with Gasteiger partial charge in [-0.1, -0.05) is 66.7 Å². The van der Waals surface area contributed by atoms with Crippen molar-refractivity contribution in [3.8, 4) is 5.75 Å². The highest BCUT2D eigenvalue weighted by Gasteiger charge is 2.33. The lowest BCUT2D eigenvalue weighted by Crippen LogP contribution is -2.53. The molecular weight excluding hydrogens is 490 g/mol. The third-order valence-electron chi connectivity index (χ3n) is 6.15. The fraction of sp³-hybridized carbons (Fsp3) is 0.286. The summed E-state index contributed by atoms with van der Waals surface area (Å²) in [6.07, 6.45) is 1.31. The Morgan fingerprint density at radius 2 is 1.57 bits per heavy atom. The van der Waals surface area contributed by atoms with Crippen molar-refractivity contribution in [2.24, 2.45) is 0 Å². The van der Waals surface area contributed by atoms with Crippen molar-refractivity contribution in [1.29, 1.82) is 0 Å². The minimum Gasteiger partial charge on any atom is -0.495 e. The third kappa shape index (κ3) is 7.10. The number of rotatable bonds is 11. The van der Waals surface area contributed by atoms with Crippen LogP contribution in [0.15, 0.2) is 78.9 Å². The van der Waals surface area contributed by atoms with Crippen LogP contribution >= 0.6 is 0 Å². The van der Waals surface area contributed by atoms with Crippen molar-refractivity contribution >= 4 is 27.5 Å². The molecule has 0 aromatic heterocycles. The van der Waals surface area contributed by atoms with Crippen molar-refractivity contribution in [3.63, 3.8) is 0 Å². The molecule has 196 valence electrons. The summed E-state index contributed by atoms with van der Waals surface area (Å²) in [6, 6.07) is 22.8. The van der Waals surface area contributed by atoms with Crippen LogP contribution in [0.3, 0.4) is 0 Å². The molecule has 9 heteroatoms. The van der Waals surface area contributed by atoms with E-state index in [0.29, 0.717) is 5.75 Å². The molecule has 0 radical (unpaired) electrons. The molecule has 0 aliphatic heterocycles. The van der Waals surface area contributed by atoms with E-state index in [0.717, 1.165) is 27.3 Å². The number of likely N-dealkylation sites (N-methyl/N-ethyl adjacent to an activating group) is 1. The van der Waals surface area contributed by atoms with Crippen molar-refractivity contribution in [3.05, 3.63) is 95.6 Å². The molecule has 0 heterocycles. The number of anilines is 1.